The molecule has 2 heterocycles. The van der Waals surface area contributed by atoms with Gasteiger partial charge in [0, 0.05) is 18.7 Å². The molecule has 1 aliphatic heterocycles. The summed E-state index contributed by atoms with van der Waals surface area (Å²) in [6.45, 7) is 1.73. The minimum Gasteiger partial charge on any atom is -0.447 e. The molecule has 1 saturated heterocycles. The van der Waals surface area contributed by atoms with Crippen LogP contribution in [0.15, 0.2) is 18.2 Å². The highest BCUT2D eigenvalue weighted by atomic mass is 19.1. The van der Waals surface area contributed by atoms with E-state index in [2.05, 4.69) is 10.1 Å². The molecule has 27 heavy (non-hydrogen) atoms. The van der Waals surface area contributed by atoms with E-state index >= 15 is 0 Å². The number of ether oxygens (including phenoxy) is 2. The van der Waals surface area contributed by atoms with Gasteiger partial charge < -0.3 is 9.47 Å². The van der Waals surface area contributed by atoms with Crippen molar-refractivity contribution >= 4 is 11.8 Å². The van der Waals surface area contributed by atoms with Crippen molar-refractivity contribution in [1.29, 1.82) is 0 Å². The first kappa shape index (κ1) is 17.9. The van der Waals surface area contributed by atoms with Crippen LogP contribution in [0, 0.1) is 5.82 Å². The van der Waals surface area contributed by atoms with Crippen LogP contribution in [0.25, 0.3) is 11.4 Å². The largest absolute Gasteiger partial charge is 0.447 e. The number of hydrogen-bond acceptors (Lipinski definition) is 5. The monoisotopic (exact) mass is 374 g/mol. The highest BCUT2D eigenvalue weighted by Gasteiger charge is 2.27. The molecule has 1 aromatic heterocycles. The quantitative estimate of drug-likeness (QED) is 0.776. The molecule has 0 atom stereocenters. The van der Waals surface area contributed by atoms with Gasteiger partial charge in [-0.3, -0.25) is 4.90 Å². The number of carbonyl (C=O) groups excluding carboxylic acids is 1. The SMILES string of the molecule is COCCn1nc(C2CCCC2)nc1-c1cc(N2CCOC2=O)ccc1F. The lowest BCUT2D eigenvalue weighted by Gasteiger charge is -2.14. The molecule has 0 unspecified atom stereocenters. The molecule has 8 heteroatoms. The fraction of sp³-hybridized carbons (Fsp3) is 0.526. The summed E-state index contributed by atoms with van der Waals surface area (Å²) >= 11 is 0. The Bertz CT molecular complexity index is 832. The van der Waals surface area contributed by atoms with Gasteiger partial charge in [0.1, 0.15) is 12.4 Å². The number of cyclic esters (lactones) is 1. The predicted octanol–water partition coefficient (Wildman–Crippen LogP) is 3.34. The van der Waals surface area contributed by atoms with Crippen molar-refractivity contribution in [3.05, 3.63) is 29.8 Å². The Morgan fingerprint density at radius 2 is 2.15 bits per heavy atom. The zero-order valence-corrected chi connectivity index (χ0v) is 15.4. The van der Waals surface area contributed by atoms with E-state index in [-0.39, 0.29) is 0 Å². The van der Waals surface area contributed by atoms with E-state index in [1.807, 2.05) is 0 Å². The van der Waals surface area contributed by atoms with E-state index in [9.17, 15) is 9.18 Å². The van der Waals surface area contributed by atoms with E-state index in [1.165, 1.54) is 23.8 Å². The summed E-state index contributed by atoms with van der Waals surface area (Å²) in [7, 11) is 1.62. The maximum atomic E-state index is 14.7. The number of hydrogen-bond donors (Lipinski definition) is 0. The fourth-order valence-electron chi connectivity index (χ4n) is 3.73. The summed E-state index contributed by atoms with van der Waals surface area (Å²) in [6, 6.07) is 4.59. The molecular formula is C19H23FN4O3. The first-order valence-corrected chi connectivity index (χ1v) is 9.35. The minimum absolute atomic E-state index is 0.326. The van der Waals surface area contributed by atoms with Gasteiger partial charge >= 0.3 is 6.09 Å². The Balaban J connectivity index is 1.73. The topological polar surface area (TPSA) is 69.5 Å². The molecule has 2 aliphatic rings. The van der Waals surface area contributed by atoms with Crippen molar-refractivity contribution in [3.8, 4) is 11.4 Å². The van der Waals surface area contributed by atoms with Crippen LogP contribution in [0.4, 0.5) is 14.9 Å². The van der Waals surface area contributed by atoms with E-state index < -0.39 is 11.9 Å². The first-order valence-electron chi connectivity index (χ1n) is 9.35. The summed E-state index contributed by atoms with van der Waals surface area (Å²) in [5.41, 5.74) is 0.928. The zero-order chi connectivity index (χ0) is 18.8. The van der Waals surface area contributed by atoms with Gasteiger partial charge in [0.15, 0.2) is 11.6 Å². The van der Waals surface area contributed by atoms with Gasteiger partial charge in [0.25, 0.3) is 0 Å². The van der Waals surface area contributed by atoms with Crippen molar-refractivity contribution in [2.24, 2.45) is 0 Å². The number of aromatic nitrogens is 3. The molecule has 1 saturated carbocycles. The third-order valence-electron chi connectivity index (χ3n) is 5.18. The van der Waals surface area contributed by atoms with Gasteiger partial charge in [-0.2, -0.15) is 5.10 Å². The van der Waals surface area contributed by atoms with Crippen LogP contribution in [-0.2, 0) is 16.0 Å². The summed E-state index contributed by atoms with van der Waals surface area (Å²) in [6.07, 6.45) is 4.06. The Morgan fingerprint density at radius 1 is 1.33 bits per heavy atom. The van der Waals surface area contributed by atoms with Crippen molar-refractivity contribution in [1.82, 2.24) is 14.8 Å². The third kappa shape index (κ3) is 3.53. The molecule has 7 nitrogen and oxygen atoms in total. The van der Waals surface area contributed by atoms with E-state index in [1.54, 1.807) is 23.9 Å². The summed E-state index contributed by atoms with van der Waals surface area (Å²) in [5, 5.41) is 4.64. The third-order valence-corrected chi connectivity index (χ3v) is 5.18. The second kappa shape index (κ2) is 7.64. The van der Waals surface area contributed by atoms with Gasteiger partial charge in [-0.25, -0.2) is 18.9 Å². The van der Waals surface area contributed by atoms with Crippen LogP contribution in [0.1, 0.15) is 37.4 Å². The van der Waals surface area contributed by atoms with Gasteiger partial charge in [-0.1, -0.05) is 12.8 Å². The summed E-state index contributed by atoms with van der Waals surface area (Å²) < 4.78 is 26.5. The van der Waals surface area contributed by atoms with Crippen LogP contribution >= 0.6 is 0 Å². The molecule has 1 aromatic carbocycles. The van der Waals surface area contributed by atoms with Crippen LogP contribution in [0.5, 0.6) is 0 Å². The number of rotatable bonds is 6. The first-order chi connectivity index (χ1) is 13.2. The number of methoxy groups -OCH3 is 1. The summed E-state index contributed by atoms with van der Waals surface area (Å²) in [4.78, 5) is 18.0. The molecule has 0 radical (unpaired) electrons. The predicted molar refractivity (Wildman–Crippen MR) is 97.2 cm³/mol. The van der Waals surface area contributed by atoms with Gasteiger partial charge in [-0.05, 0) is 31.0 Å². The van der Waals surface area contributed by atoms with Crippen molar-refractivity contribution in [2.45, 2.75) is 38.1 Å². The molecule has 0 spiro atoms. The number of nitrogens with zero attached hydrogens (tertiary/aromatic N) is 4. The Labute approximate surface area is 157 Å². The van der Waals surface area contributed by atoms with Crippen molar-refractivity contribution < 1.29 is 18.7 Å². The van der Waals surface area contributed by atoms with E-state index in [4.69, 9.17) is 9.47 Å². The number of halogens is 1. The normalized spacial score (nSPS) is 17.7. The molecule has 0 N–H and O–H groups in total. The Hall–Kier alpha value is -2.48. The van der Waals surface area contributed by atoms with Crippen LogP contribution in [-0.4, -0.2) is 47.7 Å². The van der Waals surface area contributed by atoms with Crippen molar-refractivity contribution in [2.75, 3.05) is 31.8 Å². The Kier molecular flexibility index (Phi) is 5.07. The lowest BCUT2D eigenvalue weighted by molar-refractivity contribution is 0.181. The highest BCUT2D eigenvalue weighted by molar-refractivity contribution is 5.90. The molecule has 144 valence electrons. The number of carbonyl (C=O) groups is 1. The molecule has 1 aliphatic carbocycles. The molecule has 2 fully saturated rings. The van der Waals surface area contributed by atoms with Crippen LogP contribution in [0.2, 0.25) is 0 Å². The maximum Gasteiger partial charge on any atom is 0.414 e. The average molecular weight is 374 g/mol. The van der Waals surface area contributed by atoms with Crippen LogP contribution < -0.4 is 4.90 Å². The van der Waals surface area contributed by atoms with Gasteiger partial charge in [0.05, 0.1) is 25.3 Å². The van der Waals surface area contributed by atoms with E-state index in [0.29, 0.717) is 49.3 Å². The second-order valence-corrected chi connectivity index (χ2v) is 6.92. The number of anilines is 1. The van der Waals surface area contributed by atoms with Crippen molar-refractivity contribution in [3.63, 3.8) is 0 Å². The molecule has 2 aromatic rings. The lowest BCUT2D eigenvalue weighted by Crippen LogP contribution is -2.23. The minimum atomic E-state index is -0.417. The average Bonchev–Trinajstić information content (AvgIpc) is 3.41. The van der Waals surface area contributed by atoms with Gasteiger partial charge in [-0.15, -0.1) is 0 Å². The zero-order valence-electron chi connectivity index (χ0n) is 15.4. The molecule has 0 bridgehead atoms. The lowest BCUT2D eigenvalue weighted by atomic mass is 10.1. The number of benzene rings is 1. The highest BCUT2D eigenvalue weighted by Crippen LogP contribution is 2.34. The molecular weight excluding hydrogens is 351 g/mol. The van der Waals surface area contributed by atoms with E-state index in [0.717, 1.165) is 18.7 Å². The standard InChI is InChI=1S/C19H23FN4O3/c1-26-10-9-24-18(21-17(22-24)13-4-2-3-5-13)15-12-14(6-7-16(15)20)23-8-11-27-19(23)25/h6-7,12-13H,2-5,8-11H2,1H3. The Morgan fingerprint density at radius 3 is 2.85 bits per heavy atom. The smallest absolute Gasteiger partial charge is 0.414 e. The van der Waals surface area contributed by atoms with Crippen LogP contribution in [0.3, 0.4) is 0 Å². The maximum absolute atomic E-state index is 14.7. The molecule has 4 rings (SSSR count). The van der Waals surface area contributed by atoms with Gasteiger partial charge in [0.2, 0.25) is 0 Å². The fourth-order valence-corrected chi connectivity index (χ4v) is 3.73. The second-order valence-electron chi connectivity index (χ2n) is 6.92. The summed E-state index contributed by atoms with van der Waals surface area (Å²) in [5.74, 6) is 1.17. The molecule has 1 amide bonds. The number of amides is 1.